The van der Waals surface area contributed by atoms with E-state index >= 15 is 0 Å². The maximum atomic E-state index is 13.6. The summed E-state index contributed by atoms with van der Waals surface area (Å²) in [5, 5.41) is 0.523. The van der Waals surface area contributed by atoms with Crippen LogP contribution in [-0.2, 0) is 16.1 Å². The van der Waals surface area contributed by atoms with Crippen LogP contribution in [0.25, 0.3) is 0 Å². The number of halogens is 3. The summed E-state index contributed by atoms with van der Waals surface area (Å²) in [5.41, 5.74) is 1.46. The van der Waals surface area contributed by atoms with Crippen molar-refractivity contribution in [3.63, 3.8) is 0 Å². The normalized spacial score (nSPS) is 21.1. The Bertz CT molecular complexity index is 907. The zero-order chi connectivity index (χ0) is 19.8. The molecule has 2 fully saturated rings. The summed E-state index contributed by atoms with van der Waals surface area (Å²) in [6, 6.07) is 5.24. The third-order valence-corrected chi connectivity index (χ3v) is 5.48. The summed E-state index contributed by atoms with van der Waals surface area (Å²) in [4.78, 5) is 21.4. The van der Waals surface area contributed by atoms with Gasteiger partial charge in [-0.15, -0.1) is 0 Å². The number of carbonyl (C=O) groups excluding carboxylic acids is 1. The Balaban J connectivity index is 1.59. The van der Waals surface area contributed by atoms with Crippen LogP contribution in [0, 0.1) is 24.5 Å². The number of amides is 1. The molecule has 4 rings (SSSR count). The highest BCUT2D eigenvalue weighted by Gasteiger charge is 2.43. The quantitative estimate of drug-likeness (QED) is 0.781. The average molecular weight is 408 g/mol. The Hall–Kier alpha value is -2.09. The van der Waals surface area contributed by atoms with Gasteiger partial charge >= 0.3 is 0 Å². The lowest BCUT2D eigenvalue weighted by atomic mass is 9.92. The van der Waals surface area contributed by atoms with E-state index in [2.05, 4.69) is 4.98 Å². The van der Waals surface area contributed by atoms with Gasteiger partial charge in [-0.05, 0) is 36.2 Å². The van der Waals surface area contributed by atoms with Gasteiger partial charge < -0.3 is 4.74 Å². The first-order chi connectivity index (χ1) is 13.4. The van der Waals surface area contributed by atoms with Gasteiger partial charge in [-0.1, -0.05) is 17.7 Å². The number of ether oxygens (including phenoxy) is 1. The minimum Gasteiger partial charge on any atom is -0.381 e. The molecule has 2 saturated heterocycles. The van der Waals surface area contributed by atoms with Crippen molar-refractivity contribution >= 4 is 23.3 Å². The molecule has 0 unspecified atom stereocenters. The smallest absolute Gasteiger partial charge is 0.246 e. The Morgan fingerprint density at radius 1 is 1.21 bits per heavy atom. The molecule has 2 aromatic rings. The maximum Gasteiger partial charge on any atom is 0.246 e. The Morgan fingerprint density at radius 3 is 2.64 bits per heavy atom. The molecule has 0 spiro atoms. The highest BCUT2D eigenvalue weighted by atomic mass is 35.5. The van der Waals surface area contributed by atoms with E-state index in [1.807, 2.05) is 11.8 Å². The molecule has 5 nitrogen and oxygen atoms in total. The Morgan fingerprint density at radius 2 is 2.00 bits per heavy atom. The molecule has 2 aliphatic rings. The van der Waals surface area contributed by atoms with Crippen molar-refractivity contribution in [1.82, 2.24) is 9.88 Å². The molecule has 1 atom stereocenters. The van der Waals surface area contributed by atoms with Gasteiger partial charge in [0.2, 0.25) is 5.91 Å². The zero-order valence-electron chi connectivity index (χ0n) is 15.4. The number of piperazine rings is 1. The lowest BCUT2D eigenvalue weighted by molar-refractivity contribution is -0.139. The van der Waals surface area contributed by atoms with Gasteiger partial charge in [0.15, 0.2) is 11.6 Å². The highest BCUT2D eigenvalue weighted by molar-refractivity contribution is 6.30. The topological polar surface area (TPSA) is 45.7 Å². The van der Waals surface area contributed by atoms with Crippen LogP contribution in [-0.4, -0.2) is 48.1 Å². The molecule has 0 bridgehead atoms. The van der Waals surface area contributed by atoms with Crippen LogP contribution in [0.1, 0.15) is 11.1 Å². The monoisotopic (exact) mass is 407 g/mol. The molecular weight excluding hydrogens is 388 g/mol. The molecule has 1 amide bonds. The zero-order valence-corrected chi connectivity index (χ0v) is 16.1. The maximum absolute atomic E-state index is 13.6. The molecule has 148 valence electrons. The molecule has 2 aliphatic heterocycles. The lowest BCUT2D eigenvalue weighted by Gasteiger charge is -2.46. The standard InChI is InChI=1S/C20H20ClF2N3O2/c1-12-6-15(21)8-24-19(12)26-5-4-25(18(20(26)27)14-10-28-11-14)9-13-2-3-16(22)17(23)7-13/h2-3,6-8,14,18H,4-5,9-11H2,1H3/t18-/m0/s1. The van der Waals surface area contributed by atoms with Gasteiger partial charge in [0.05, 0.1) is 24.3 Å². The van der Waals surface area contributed by atoms with Crippen LogP contribution in [0.5, 0.6) is 0 Å². The second kappa shape index (κ2) is 7.73. The molecular formula is C20H20ClF2N3O2. The fraction of sp³-hybridized carbons (Fsp3) is 0.400. The van der Waals surface area contributed by atoms with E-state index < -0.39 is 17.7 Å². The van der Waals surface area contributed by atoms with E-state index in [4.69, 9.17) is 16.3 Å². The van der Waals surface area contributed by atoms with Gasteiger partial charge in [-0.2, -0.15) is 0 Å². The van der Waals surface area contributed by atoms with Crippen molar-refractivity contribution in [1.29, 1.82) is 0 Å². The molecule has 3 heterocycles. The number of carbonyl (C=O) groups is 1. The number of anilines is 1. The largest absolute Gasteiger partial charge is 0.381 e. The van der Waals surface area contributed by atoms with Crippen molar-refractivity contribution in [2.24, 2.45) is 5.92 Å². The highest BCUT2D eigenvalue weighted by Crippen LogP contribution is 2.30. The molecule has 28 heavy (non-hydrogen) atoms. The van der Waals surface area contributed by atoms with Crippen LogP contribution in [0.15, 0.2) is 30.5 Å². The van der Waals surface area contributed by atoms with E-state index in [1.54, 1.807) is 17.0 Å². The predicted molar refractivity (Wildman–Crippen MR) is 101 cm³/mol. The first kappa shape index (κ1) is 19.2. The molecule has 0 saturated carbocycles. The minimum absolute atomic E-state index is 0.0555. The van der Waals surface area contributed by atoms with Crippen molar-refractivity contribution in [2.45, 2.75) is 19.5 Å². The first-order valence-electron chi connectivity index (χ1n) is 9.13. The third-order valence-electron chi connectivity index (χ3n) is 5.28. The fourth-order valence-electron chi connectivity index (χ4n) is 3.81. The van der Waals surface area contributed by atoms with Crippen LogP contribution < -0.4 is 4.90 Å². The summed E-state index contributed by atoms with van der Waals surface area (Å²) >= 11 is 5.99. The van der Waals surface area contributed by atoms with Gasteiger partial charge in [0.25, 0.3) is 0 Å². The van der Waals surface area contributed by atoms with Crippen LogP contribution in [0.3, 0.4) is 0 Å². The molecule has 1 aromatic heterocycles. The van der Waals surface area contributed by atoms with Gasteiger partial charge in [-0.25, -0.2) is 13.8 Å². The average Bonchev–Trinajstić information content (AvgIpc) is 2.60. The van der Waals surface area contributed by atoms with E-state index in [9.17, 15) is 13.6 Å². The number of benzene rings is 1. The molecule has 8 heteroatoms. The van der Waals surface area contributed by atoms with E-state index in [1.165, 1.54) is 12.3 Å². The molecule has 0 N–H and O–H groups in total. The van der Waals surface area contributed by atoms with Crippen molar-refractivity contribution in [2.75, 3.05) is 31.2 Å². The van der Waals surface area contributed by atoms with Gasteiger partial charge in [0, 0.05) is 31.7 Å². The number of hydrogen-bond acceptors (Lipinski definition) is 4. The lowest BCUT2D eigenvalue weighted by Crippen LogP contribution is -2.62. The first-order valence-corrected chi connectivity index (χ1v) is 9.51. The Kier molecular flexibility index (Phi) is 5.31. The summed E-state index contributed by atoms with van der Waals surface area (Å²) in [5.74, 6) is -1.15. The number of nitrogens with zero attached hydrogens (tertiary/aromatic N) is 3. The van der Waals surface area contributed by atoms with Crippen molar-refractivity contribution in [3.8, 4) is 0 Å². The number of aromatic nitrogens is 1. The molecule has 0 aliphatic carbocycles. The number of aryl methyl sites for hydroxylation is 1. The van der Waals surface area contributed by atoms with E-state index in [0.717, 1.165) is 11.6 Å². The van der Waals surface area contributed by atoms with Crippen LogP contribution >= 0.6 is 11.6 Å². The summed E-state index contributed by atoms with van der Waals surface area (Å²) < 4.78 is 32.1. The third kappa shape index (κ3) is 3.62. The number of pyridine rings is 1. The summed E-state index contributed by atoms with van der Waals surface area (Å²) in [6.45, 7) is 4.30. The predicted octanol–water partition coefficient (Wildman–Crippen LogP) is 3.19. The van der Waals surface area contributed by atoms with E-state index in [-0.39, 0.29) is 11.8 Å². The van der Waals surface area contributed by atoms with Crippen molar-refractivity contribution < 1.29 is 18.3 Å². The summed E-state index contributed by atoms with van der Waals surface area (Å²) in [6.07, 6.45) is 1.53. The van der Waals surface area contributed by atoms with Crippen LogP contribution in [0.2, 0.25) is 5.02 Å². The number of rotatable bonds is 4. The van der Waals surface area contributed by atoms with Crippen LogP contribution in [0.4, 0.5) is 14.6 Å². The SMILES string of the molecule is Cc1cc(Cl)cnc1N1CCN(Cc2ccc(F)c(F)c2)[C@@H](C2COC2)C1=O. The molecule has 0 radical (unpaired) electrons. The molecule has 1 aromatic carbocycles. The van der Waals surface area contributed by atoms with Gasteiger partial charge in [-0.3, -0.25) is 14.6 Å². The van der Waals surface area contributed by atoms with Gasteiger partial charge in [0.1, 0.15) is 5.82 Å². The minimum atomic E-state index is -0.882. The second-order valence-corrected chi connectivity index (χ2v) is 7.68. The summed E-state index contributed by atoms with van der Waals surface area (Å²) in [7, 11) is 0. The Labute approximate surface area is 166 Å². The second-order valence-electron chi connectivity index (χ2n) is 7.25. The number of hydrogen-bond donors (Lipinski definition) is 0. The van der Waals surface area contributed by atoms with E-state index in [0.29, 0.717) is 49.3 Å². The van der Waals surface area contributed by atoms with Crippen molar-refractivity contribution in [3.05, 3.63) is 58.2 Å². The fourth-order valence-corrected chi connectivity index (χ4v) is 4.02.